The number of ether oxygens (including phenoxy) is 1. The Morgan fingerprint density at radius 2 is 1.94 bits per heavy atom. The van der Waals surface area contributed by atoms with Crippen molar-refractivity contribution in [3.63, 3.8) is 0 Å². The van der Waals surface area contributed by atoms with Crippen LogP contribution in [0.3, 0.4) is 0 Å². The zero-order chi connectivity index (χ0) is 25.7. The molecular weight excluding hydrogens is 457 g/mol. The molecule has 0 saturated carbocycles. The number of allylic oxidation sites excluding steroid dienone is 2. The molecule has 1 aliphatic carbocycles. The standard InChI is InChI=1S/C29H38FN3O3/c1-4-6-15-36-27(29(34)35)14-11-20(5-2)26-16-19(3)33-28(32-26)25(18-31-33)23-8-7-22(17-23)21-9-12-24(30)13-10-21/h9-10,12-13,16-18,20,22,27,29,34-35H,4-8,11,14-15H2,1-3H3. The number of rotatable bonds is 12. The molecule has 6 nitrogen and oxygen atoms in total. The first-order valence-electron chi connectivity index (χ1n) is 13.2. The fraction of sp³-hybridized carbons (Fsp3) is 0.517. The molecular formula is C29H38FN3O3. The lowest BCUT2D eigenvalue weighted by atomic mass is 9.94. The Kier molecular flexibility index (Phi) is 8.88. The highest BCUT2D eigenvalue weighted by Crippen LogP contribution is 2.39. The lowest BCUT2D eigenvalue weighted by Crippen LogP contribution is -2.29. The van der Waals surface area contributed by atoms with Crippen LogP contribution in [0.25, 0.3) is 11.2 Å². The Bertz CT molecular complexity index is 1170. The molecule has 0 aliphatic heterocycles. The molecule has 0 bridgehead atoms. The zero-order valence-electron chi connectivity index (χ0n) is 21.5. The van der Waals surface area contributed by atoms with Crippen LogP contribution < -0.4 is 0 Å². The van der Waals surface area contributed by atoms with Gasteiger partial charge in [0.1, 0.15) is 11.9 Å². The van der Waals surface area contributed by atoms with Gasteiger partial charge in [0.15, 0.2) is 11.9 Å². The second-order valence-corrected chi connectivity index (χ2v) is 9.86. The number of unbranched alkanes of at least 4 members (excludes halogenated alkanes) is 1. The summed E-state index contributed by atoms with van der Waals surface area (Å²) in [5.74, 6) is 0.225. The Morgan fingerprint density at radius 1 is 1.17 bits per heavy atom. The number of aryl methyl sites for hydroxylation is 1. The van der Waals surface area contributed by atoms with E-state index in [0.717, 1.165) is 66.7 Å². The lowest BCUT2D eigenvalue weighted by molar-refractivity contribution is -0.148. The number of benzene rings is 1. The molecule has 36 heavy (non-hydrogen) atoms. The molecule has 0 saturated heterocycles. The normalized spacial score (nSPS) is 17.6. The molecule has 0 spiro atoms. The largest absolute Gasteiger partial charge is 0.373 e. The quantitative estimate of drug-likeness (QED) is 0.241. The molecule has 4 rings (SSSR count). The molecule has 0 radical (unpaired) electrons. The molecule has 0 amide bonds. The number of aliphatic hydroxyl groups excluding tert-OH is 1. The minimum absolute atomic E-state index is 0.178. The van der Waals surface area contributed by atoms with Gasteiger partial charge in [-0.1, -0.05) is 38.5 Å². The van der Waals surface area contributed by atoms with Gasteiger partial charge >= 0.3 is 0 Å². The van der Waals surface area contributed by atoms with E-state index in [0.29, 0.717) is 13.0 Å². The van der Waals surface area contributed by atoms with Crippen molar-refractivity contribution in [2.45, 2.75) is 89.9 Å². The fourth-order valence-corrected chi connectivity index (χ4v) is 5.12. The second kappa shape index (κ2) is 12.1. The first kappa shape index (κ1) is 26.5. The van der Waals surface area contributed by atoms with Crippen molar-refractivity contribution in [2.24, 2.45) is 0 Å². The molecule has 3 atom stereocenters. The third-order valence-corrected chi connectivity index (χ3v) is 7.31. The Morgan fingerprint density at radius 3 is 2.64 bits per heavy atom. The number of hydrogen-bond donors (Lipinski definition) is 2. The average Bonchev–Trinajstić information content (AvgIpc) is 3.51. The molecule has 1 aliphatic rings. The van der Waals surface area contributed by atoms with Crippen LogP contribution in [-0.2, 0) is 4.74 Å². The van der Waals surface area contributed by atoms with Crippen LogP contribution >= 0.6 is 0 Å². The van der Waals surface area contributed by atoms with E-state index in [2.05, 4.69) is 31.1 Å². The van der Waals surface area contributed by atoms with E-state index in [4.69, 9.17) is 9.72 Å². The predicted molar refractivity (Wildman–Crippen MR) is 139 cm³/mol. The van der Waals surface area contributed by atoms with Crippen LogP contribution in [0.5, 0.6) is 0 Å². The van der Waals surface area contributed by atoms with E-state index < -0.39 is 12.4 Å². The maximum Gasteiger partial charge on any atom is 0.178 e. The van der Waals surface area contributed by atoms with Gasteiger partial charge in [-0.2, -0.15) is 5.10 Å². The molecule has 2 heterocycles. The van der Waals surface area contributed by atoms with Crippen molar-refractivity contribution in [1.82, 2.24) is 14.6 Å². The van der Waals surface area contributed by atoms with Gasteiger partial charge in [0, 0.05) is 35.4 Å². The van der Waals surface area contributed by atoms with Crippen molar-refractivity contribution in [1.29, 1.82) is 0 Å². The van der Waals surface area contributed by atoms with E-state index in [1.807, 2.05) is 29.8 Å². The maximum atomic E-state index is 13.4. The average molecular weight is 496 g/mol. The smallest absolute Gasteiger partial charge is 0.178 e. The highest BCUT2D eigenvalue weighted by Gasteiger charge is 2.24. The van der Waals surface area contributed by atoms with Gasteiger partial charge in [-0.15, -0.1) is 0 Å². The van der Waals surface area contributed by atoms with E-state index in [9.17, 15) is 14.6 Å². The van der Waals surface area contributed by atoms with Gasteiger partial charge in [0.2, 0.25) is 0 Å². The van der Waals surface area contributed by atoms with Crippen LogP contribution in [0, 0.1) is 12.7 Å². The van der Waals surface area contributed by atoms with E-state index >= 15 is 0 Å². The predicted octanol–water partition coefficient (Wildman–Crippen LogP) is 5.91. The van der Waals surface area contributed by atoms with Crippen LogP contribution in [0.1, 0.15) is 93.1 Å². The topological polar surface area (TPSA) is 79.9 Å². The van der Waals surface area contributed by atoms with Gasteiger partial charge < -0.3 is 14.9 Å². The lowest BCUT2D eigenvalue weighted by Gasteiger charge is -2.22. The summed E-state index contributed by atoms with van der Waals surface area (Å²) in [4.78, 5) is 5.06. The van der Waals surface area contributed by atoms with Crippen molar-refractivity contribution in [2.75, 3.05) is 6.61 Å². The number of halogens is 1. The third-order valence-electron chi connectivity index (χ3n) is 7.31. The molecule has 2 aromatic heterocycles. The number of nitrogens with zero attached hydrogens (tertiary/aromatic N) is 3. The van der Waals surface area contributed by atoms with Crippen LogP contribution in [0.15, 0.2) is 42.6 Å². The first-order valence-corrected chi connectivity index (χ1v) is 13.2. The summed E-state index contributed by atoms with van der Waals surface area (Å²) in [6.45, 7) is 6.80. The maximum absolute atomic E-state index is 13.4. The monoisotopic (exact) mass is 495 g/mol. The molecule has 3 aromatic rings. The van der Waals surface area contributed by atoms with E-state index in [1.165, 1.54) is 17.7 Å². The summed E-state index contributed by atoms with van der Waals surface area (Å²) in [6.07, 6.45) is 8.12. The summed E-state index contributed by atoms with van der Waals surface area (Å²) >= 11 is 0. The molecule has 3 unspecified atom stereocenters. The zero-order valence-corrected chi connectivity index (χ0v) is 21.5. The van der Waals surface area contributed by atoms with E-state index in [-0.39, 0.29) is 17.7 Å². The van der Waals surface area contributed by atoms with Gasteiger partial charge in [-0.05, 0) is 74.8 Å². The third kappa shape index (κ3) is 6.02. The summed E-state index contributed by atoms with van der Waals surface area (Å²) in [5.41, 5.74) is 6.27. The number of aromatic nitrogens is 3. The van der Waals surface area contributed by atoms with Crippen molar-refractivity contribution >= 4 is 11.2 Å². The highest BCUT2D eigenvalue weighted by atomic mass is 19.1. The summed E-state index contributed by atoms with van der Waals surface area (Å²) < 4.78 is 21.0. The highest BCUT2D eigenvalue weighted by molar-refractivity contribution is 5.78. The van der Waals surface area contributed by atoms with E-state index in [1.54, 1.807) is 0 Å². The van der Waals surface area contributed by atoms with Crippen LogP contribution in [0.4, 0.5) is 4.39 Å². The molecule has 7 heteroatoms. The summed E-state index contributed by atoms with van der Waals surface area (Å²) in [6, 6.07) is 8.86. The SMILES string of the molecule is CCCCOC(CCC(CC)c1cc(C)n2ncc(C3=CC(c4ccc(F)cc4)CC3)c2n1)C(O)O. The molecule has 1 aromatic carbocycles. The minimum Gasteiger partial charge on any atom is -0.373 e. The van der Waals surface area contributed by atoms with Crippen molar-refractivity contribution in [3.8, 4) is 0 Å². The van der Waals surface area contributed by atoms with Gasteiger partial charge in [0.05, 0.1) is 6.20 Å². The molecule has 194 valence electrons. The second-order valence-electron chi connectivity index (χ2n) is 9.86. The number of fused-ring (bicyclic) bond motifs is 1. The minimum atomic E-state index is -1.48. The van der Waals surface area contributed by atoms with Gasteiger partial charge in [-0.25, -0.2) is 13.9 Å². The Hall–Kier alpha value is -2.61. The van der Waals surface area contributed by atoms with Crippen LogP contribution in [-0.4, -0.2) is 43.8 Å². The number of hydrogen-bond acceptors (Lipinski definition) is 5. The Labute approximate surface area is 212 Å². The first-order chi connectivity index (χ1) is 17.4. The summed E-state index contributed by atoms with van der Waals surface area (Å²) in [7, 11) is 0. The van der Waals surface area contributed by atoms with Gasteiger partial charge in [-0.3, -0.25) is 0 Å². The molecule has 2 N–H and O–H groups in total. The summed E-state index contributed by atoms with van der Waals surface area (Å²) in [5, 5.41) is 24.2. The van der Waals surface area contributed by atoms with Gasteiger partial charge in [0.25, 0.3) is 0 Å². The molecule has 0 fully saturated rings. The number of aliphatic hydroxyl groups is 2. The fourth-order valence-electron chi connectivity index (χ4n) is 5.12. The van der Waals surface area contributed by atoms with Crippen molar-refractivity contribution < 1.29 is 19.3 Å². The van der Waals surface area contributed by atoms with Crippen LogP contribution in [0.2, 0.25) is 0 Å². The van der Waals surface area contributed by atoms with Crippen molar-refractivity contribution in [3.05, 3.63) is 70.9 Å². The Balaban J connectivity index is 1.55.